The van der Waals surface area contributed by atoms with Crippen molar-refractivity contribution in [3.8, 4) is 17.2 Å². The molecule has 1 aliphatic rings. The lowest BCUT2D eigenvalue weighted by Crippen LogP contribution is -2.35. The fourth-order valence-electron chi connectivity index (χ4n) is 2.94. The summed E-state index contributed by atoms with van der Waals surface area (Å²) in [5.41, 5.74) is 3.51. The maximum Gasteiger partial charge on any atom is 0.344 e. The molecule has 1 N–H and O–H groups in total. The SMILES string of the molecule is CCOC(=O)COc1c(OC)cc(C=C2C(=O)NN(c3ccccc3)C2=O)cc1OC. The highest BCUT2D eigenvalue weighted by molar-refractivity contribution is 6.31. The highest BCUT2D eigenvalue weighted by Crippen LogP contribution is 2.39. The number of nitrogens with zero attached hydrogens (tertiary/aromatic N) is 1. The van der Waals surface area contributed by atoms with Crippen LogP contribution in [0.4, 0.5) is 5.69 Å². The lowest BCUT2D eigenvalue weighted by atomic mass is 10.1. The van der Waals surface area contributed by atoms with Gasteiger partial charge in [0.25, 0.3) is 11.8 Å². The zero-order valence-electron chi connectivity index (χ0n) is 17.3. The number of para-hydroxylation sites is 1. The molecule has 2 aromatic carbocycles. The van der Waals surface area contributed by atoms with E-state index in [2.05, 4.69) is 5.43 Å². The Morgan fingerprint density at radius 2 is 1.71 bits per heavy atom. The zero-order chi connectivity index (χ0) is 22.4. The Kier molecular flexibility index (Phi) is 6.76. The van der Waals surface area contributed by atoms with E-state index in [1.165, 1.54) is 25.3 Å². The van der Waals surface area contributed by atoms with Gasteiger partial charge in [-0.3, -0.25) is 15.0 Å². The lowest BCUT2D eigenvalue weighted by molar-refractivity contribution is -0.145. The molecule has 9 nitrogen and oxygen atoms in total. The van der Waals surface area contributed by atoms with Crippen molar-refractivity contribution in [1.29, 1.82) is 0 Å². The van der Waals surface area contributed by atoms with Gasteiger partial charge in [0, 0.05) is 0 Å². The average molecular weight is 426 g/mol. The second-order valence-corrected chi connectivity index (χ2v) is 6.32. The molecule has 0 aromatic heterocycles. The Balaban J connectivity index is 1.90. The molecular weight excluding hydrogens is 404 g/mol. The minimum absolute atomic E-state index is 0.0480. The summed E-state index contributed by atoms with van der Waals surface area (Å²) in [6.07, 6.45) is 1.43. The third-order valence-corrected chi connectivity index (χ3v) is 4.34. The van der Waals surface area contributed by atoms with Crippen molar-refractivity contribution in [2.24, 2.45) is 0 Å². The number of amides is 2. The van der Waals surface area contributed by atoms with Gasteiger partial charge in [0.05, 0.1) is 26.5 Å². The Morgan fingerprint density at radius 3 is 2.29 bits per heavy atom. The average Bonchev–Trinajstić information content (AvgIpc) is 3.06. The van der Waals surface area contributed by atoms with Crippen molar-refractivity contribution in [1.82, 2.24) is 5.43 Å². The van der Waals surface area contributed by atoms with Crippen LogP contribution in [0.5, 0.6) is 17.2 Å². The molecule has 2 amide bonds. The predicted octanol–water partition coefficient (Wildman–Crippen LogP) is 2.11. The minimum Gasteiger partial charge on any atom is -0.493 e. The first-order valence-electron chi connectivity index (χ1n) is 9.45. The van der Waals surface area contributed by atoms with Crippen LogP contribution >= 0.6 is 0 Å². The normalized spacial score (nSPS) is 14.4. The first-order valence-corrected chi connectivity index (χ1v) is 9.45. The fraction of sp³-hybridized carbons (Fsp3) is 0.227. The number of hydrogen-bond acceptors (Lipinski definition) is 7. The van der Waals surface area contributed by atoms with Crippen LogP contribution in [0.3, 0.4) is 0 Å². The number of carbonyl (C=O) groups excluding carboxylic acids is 3. The smallest absolute Gasteiger partial charge is 0.344 e. The van der Waals surface area contributed by atoms with E-state index in [0.29, 0.717) is 11.3 Å². The van der Waals surface area contributed by atoms with Crippen LogP contribution in [-0.2, 0) is 19.1 Å². The summed E-state index contributed by atoms with van der Waals surface area (Å²) in [6.45, 7) is 1.60. The first kappa shape index (κ1) is 21.7. The Bertz CT molecular complexity index is 993. The number of anilines is 1. The van der Waals surface area contributed by atoms with Gasteiger partial charge in [-0.1, -0.05) is 18.2 Å². The van der Waals surface area contributed by atoms with E-state index < -0.39 is 17.8 Å². The molecule has 3 rings (SSSR count). The number of carbonyl (C=O) groups is 3. The lowest BCUT2D eigenvalue weighted by Gasteiger charge is -2.15. The Morgan fingerprint density at radius 1 is 1.06 bits per heavy atom. The molecule has 0 aliphatic carbocycles. The zero-order valence-corrected chi connectivity index (χ0v) is 17.3. The molecule has 0 bridgehead atoms. The maximum atomic E-state index is 12.8. The molecule has 0 radical (unpaired) electrons. The minimum atomic E-state index is -0.535. The number of rotatable bonds is 8. The van der Waals surface area contributed by atoms with Gasteiger partial charge < -0.3 is 18.9 Å². The molecule has 2 aromatic rings. The summed E-state index contributed by atoms with van der Waals surface area (Å²) >= 11 is 0. The standard InChI is InChI=1S/C22H22N2O7/c1-4-30-19(25)13-31-20-17(28-2)11-14(12-18(20)29-3)10-16-21(26)23-24(22(16)27)15-8-6-5-7-9-15/h5-12H,4,13H2,1-3H3,(H,23,26). The Labute approximate surface area is 179 Å². The van der Waals surface area contributed by atoms with Gasteiger partial charge in [0.1, 0.15) is 5.57 Å². The predicted molar refractivity (Wildman–Crippen MR) is 112 cm³/mol. The summed E-state index contributed by atoms with van der Waals surface area (Å²) in [5, 5.41) is 1.18. The summed E-state index contributed by atoms with van der Waals surface area (Å²) in [7, 11) is 2.85. The van der Waals surface area contributed by atoms with Crippen molar-refractivity contribution in [2.75, 3.05) is 32.4 Å². The van der Waals surface area contributed by atoms with Crippen LogP contribution in [0.15, 0.2) is 48.0 Å². The van der Waals surface area contributed by atoms with Gasteiger partial charge in [-0.05, 0) is 42.8 Å². The van der Waals surface area contributed by atoms with Crippen LogP contribution < -0.4 is 24.6 Å². The molecular formula is C22H22N2O7. The molecule has 1 heterocycles. The van der Waals surface area contributed by atoms with Gasteiger partial charge >= 0.3 is 5.97 Å². The van der Waals surface area contributed by atoms with E-state index in [9.17, 15) is 14.4 Å². The third kappa shape index (κ3) is 4.77. The van der Waals surface area contributed by atoms with E-state index in [0.717, 1.165) is 0 Å². The van der Waals surface area contributed by atoms with E-state index in [4.69, 9.17) is 18.9 Å². The number of esters is 1. The van der Waals surface area contributed by atoms with Crippen molar-refractivity contribution in [3.63, 3.8) is 0 Å². The largest absolute Gasteiger partial charge is 0.493 e. The summed E-state index contributed by atoms with van der Waals surface area (Å²) in [4.78, 5) is 36.8. The molecule has 9 heteroatoms. The molecule has 1 fully saturated rings. The highest BCUT2D eigenvalue weighted by Gasteiger charge is 2.34. The number of ether oxygens (including phenoxy) is 4. The Hall–Kier alpha value is -4.01. The fourth-order valence-corrected chi connectivity index (χ4v) is 2.94. The third-order valence-electron chi connectivity index (χ3n) is 4.34. The van der Waals surface area contributed by atoms with Crippen molar-refractivity contribution in [2.45, 2.75) is 6.92 Å². The summed E-state index contributed by atoms with van der Waals surface area (Å²) in [5.74, 6) is -0.825. The summed E-state index contributed by atoms with van der Waals surface area (Å²) in [6, 6.07) is 11.9. The van der Waals surface area contributed by atoms with E-state index in [1.807, 2.05) is 6.07 Å². The van der Waals surface area contributed by atoms with Crippen molar-refractivity contribution < 1.29 is 33.3 Å². The van der Waals surface area contributed by atoms with E-state index >= 15 is 0 Å². The quantitative estimate of drug-likeness (QED) is 0.392. The maximum absolute atomic E-state index is 12.8. The second kappa shape index (κ2) is 9.66. The number of nitrogens with one attached hydrogen (secondary N) is 1. The molecule has 0 spiro atoms. The molecule has 162 valence electrons. The number of benzene rings is 2. The van der Waals surface area contributed by atoms with Gasteiger partial charge in [0.2, 0.25) is 5.75 Å². The van der Waals surface area contributed by atoms with Crippen LogP contribution in [0.25, 0.3) is 6.08 Å². The molecule has 0 saturated carbocycles. The molecule has 0 atom stereocenters. The molecule has 31 heavy (non-hydrogen) atoms. The van der Waals surface area contributed by atoms with Gasteiger partial charge in [-0.25, -0.2) is 9.80 Å². The number of hydrazine groups is 1. The monoisotopic (exact) mass is 426 g/mol. The summed E-state index contributed by atoms with van der Waals surface area (Å²) < 4.78 is 21.1. The van der Waals surface area contributed by atoms with Crippen LogP contribution in [0.1, 0.15) is 12.5 Å². The van der Waals surface area contributed by atoms with E-state index in [1.54, 1.807) is 43.3 Å². The molecule has 0 unspecified atom stereocenters. The molecule has 1 saturated heterocycles. The molecule has 1 aliphatic heterocycles. The highest BCUT2D eigenvalue weighted by atomic mass is 16.6. The van der Waals surface area contributed by atoms with Crippen molar-refractivity contribution in [3.05, 3.63) is 53.6 Å². The van der Waals surface area contributed by atoms with Crippen LogP contribution in [0.2, 0.25) is 0 Å². The topological polar surface area (TPSA) is 103 Å². The van der Waals surface area contributed by atoms with Gasteiger partial charge in [-0.15, -0.1) is 0 Å². The number of hydrogen-bond donors (Lipinski definition) is 1. The van der Waals surface area contributed by atoms with Crippen LogP contribution in [-0.4, -0.2) is 45.2 Å². The van der Waals surface area contributed by atoms with Crippen LogP contribution in [0, 0.1) is 0 Å². The van der Waals surface area contributed by atoms with E-state index in [-0.39, 0.29) is 36.0 Å². The number of methoxy groups -OCH3 is 2. The van der Waals surface area contributed by atoms with Crippen molar-refractivity contribution >= 4 is 29.5 Å². The second-order valence-electron chi connectivity index (χ2n) is 6.32. The first-order chi connectivity index (χ1) is 15.0. The van der Waals surface area contributed by atoms with Gasteiger partial charge in [0.15, 0.2) is 18.1 Å². The van der Waals surface area contributed by atoms with Gasteiger partial charge in [-0.2, -0.15) is 0 Å².